The molecule has 0 aromatic heterocycles. The Kier molecular flexibility index (Phi) is 2.74. The summed E-state index contributed by atoms with van der Waals surface area (Å²) < 4.78 is 0. The van der Waals surface area contributed by atoms with E-state index in [1.807, 2.05) is 19.9 Å². The van der Waals surface area contributed by atoms with Gasteiger partial charge < -0.3 is 10.0 Å². The van der Waals surface area contributed by atoms with E-state index in [4.69, 9.17) is 5.11 Å². The van der Waals surface area contributed by atoms with E-state index >= 15 is 0 Å². The highest BCUT2D eigenvalue weighted by atomic mass is 16.4. The fourth-order valence-electron chi connectivity index (χ4n) is 1.51. The number of rotatable bonds is 1. The Balaban J connectivity index is 2.72. The first-order valence-corrected chi connectivity index (χ1v) is 4.29. The molecule has 1 aliphatic heterocycles. The van der Waals surface area contributed by atoms with Gasteiger partial charge in [0.25, 0.3) is 0 Å². The molecule has 0 aromatic rings. The average Bonchev–Trinajstić information content (AvgIpc) is 2.04. The van der Waals surface area contributed by atoms with Crippen molar-refractivity contribution >= 4 is 6.09 Å². The summed E-state index contributed by atoms with van der Waals surface area (Å²) in [7, 11) is 0. The Morgan fingerprint density at radius 1 is 1.67 bits per heavy atom. The summed E-state index contributed by atoms with van der Waals surface area (Å²) in [4.78, 5) is 12.3. The van der Waals surface area contributed by atoms with Crippen LogP contribution >= 0.6 is 0 Å². The van der Waals surface area contributed by atoms with Gasteiger partial charge in [-0.3, -0.25) is 0 Å². The van der Waals surface area contributed by atoms with E-state index in [2.05, 4.69) is 6.08 Å². The molecule has 1 atom stereocenters. The molecule has 0 bridgehead atoms. The number of hydrogen-bond donors (Lipinski definition) is 1. The summed E-state index contributed by atoms with van der Waals surface area (Å²) in [5.41, 5.74) is 0. The third kappa shape index (κ3) is 1.78. The number of carbonyl (C=O) groups is 1. The fraction of sp³-hybridized carbons (Fsp3) is 0.667. The van der Waals surface area contributed by atoms with Crippen molar-refractivity contribution in [3.05, 3.63) is 12.2 Å². The Hall–Kier alpha value is -0.990. The van der Waals surface area contributed by atoms with Gasteiger partial charge in [0.05, 0.1) is 6.04 Å². The second-order valence-electron chi connectivity index (χ2n) is 3.43. The lowest BCUT2D eigenvalue weighted by molar-refractivity contribution is 0.121. The van der Waals surface area contributed by atoms with Crippen molar-refractivity contribution in [3.8, 4) is 0 Å². The van der Waals surface area contributed by atoms with Crippen LogP contribution in [0.4, 0.5) is 4.79 Å². The van der Waals surface area contributed by atoms with Crippen LogP contribution in [-0.2, 0) is 0 Å². The smallest absolute Gasteiger partial charge is 0.407 e. The molecular formula is C9H15NO2. The first-order chi connectivity index (χ1) is 5.63. The molecule has 1 amide bonds. The van der Waals surface area contributed by atoms with Gasteiger partial charge in [0.15, 0.2) is 0 Å². The van der Waals surface area contributed by atoms with Crippen molar-refractivity contribution in [1.29, 1.82) is 0 Å². The minimum Gasteiger partial charge on any atom is -0.465 e. The van der Waals surface area contributed by atoms with Crippen LogP contribution in [0, 0.1) is 5.92 Å². The van der Waals surface area contributed by atoms with Gasteiger partial charge in [0.1, 0.15) is 0 Å². The van der Waals surface area contributed by atoms with Gasteiger partial charge in [-0.2, -0.15) is 0 Å². The van der Waals surface area contributed by atoms with Gasteiger partial charge in [-0.1, -0.05) is 26.0 Å². The van der Waals surface area contributed by atoms with E-state index in [0.29, 0.717) is 12.5 Å². The lowest BCUT2D eigenvalue weighted by atomic mass is 9.99. The molecule has 1 rings (SSSR count). The molecular weight excluding hydrogens is 154 g/mol. The molecule has 1 unspecified atom stereocenters. The monoisotopic (exact) mass is 169 g/mol. The molecule has 1 heterocycles. The van der Waals surface area contributed by atoms with E-state index in [1.165, 1.54) is 4.90 Å². The Morgan fingerprint density at radius 2 is 2.33 bits per heavy atom. The molecule has 0 aromatic carbocycles. The van der Waals surface area contributed by atoms with Crippen molar-refractivity contribution in [3.63, 3.8) is 0 Å². The Bertz CT molecular complexity index is 199. The van der Waals surface area contributed by atoms with Crippen molar-refractivity contribution in [1.82, 2.24) is 4.90 Å². The maximum atomic E-state index is 10.8. The maximum absolute atomic E-state index is 10.8. The highest BCUT2D eigenvalue weighted by Crippen LogP contribution is 2.17. The third-order valence-electron chi connectivity index (χ3n) is 2.16. The van der Waals surface area contributed by atoms with E-state index in [9.17, 15) is 4.79 Å². The van der Waals surface area contributed by atoms with Gasteiger partial charge >= 0.3 is 6.09 Å². The van der Waals surface area contributed by atoms with Gasteiger partial charge in [0.2, 0.25) is 0 Å². The van der Waals surface area contributed by atoms with E-state index in [1.54, 1.807) is 0 Å². The highest BCUT2D eigenvalue weighted by Gasteiger charge is 2.24. The zero-order valence-corrected chi connectivity index (χ0v) is 7.53. The number of amides is 1. The predicted octanol–water partition coefficient (Wildman–Crippen LogP) is 1.95. The maximum Gasteiger partial charge on any atom is 0.407 e. The summed E-state index contributed by atoms with van der Waals surface area (Å²) in [6, 6.07) is 0.0660. The second kappa shape index (κ2) is 3.61. The summed E-state index contributed by atoms with van der Waals surface area (Å²) >= 11 is 0. The quantitative estimate of drug-likeness (QED) is 0.609. The molecule has 0 radical (unpaired) electrons. The molecule has 0 spiro atoms. The summed E-state index contributed by atoms with van der Waals surface area (Å²) in [5.74, 6) is 0.359. The van der Waals surface area contributed by atoms with Crippen LogP contribution < -0.4 is 0 Å². The first kappa shape index (κ1) is 9.10. The molecule has 3 heteroatoms. The highest BCUT2D eigenvalue weighted by molar-refractivity contribution is 5.66. The van der Waals surface area contributed by atoms with Crippen molar-refractivity contribution in [2.75, 3.05) is 6.54 Å². The topological polar surface area (TPSA) is 40.5 Å². The summed E-state index contributed by atoms with van der Waals surface area (Å²) in [5, 5.41) is 8.85. The van der Waals surface area contributed by atoms with Crippen LogP contribution in [-0.4, -0.2) is 28.7 Å². The number of carboxylic acid groups (broad SMARTS) is 1. The van der Waals surface area contributed by atoms with Gasteiger partial charge in [0, 0.05) is 6.54 Å². The van der Waals surface area contributed by atoms with Gasteiger partial charge in [-0.15, -0.1) is 0 Å². The van der Waals surface area contributed by atoms with Crippen LogP contribution in [0.5, 0.6) is 0 Å². The van der Waals surface area contributed by atoms with Crippen molar-refractivity contribution < 1.29 is 9.90 Å². The Labute approximate surface area is 72.7 Å². The number of hydrogen-bond acceptors (Lipinski definition) is 1. The molecule has 12 heavy (non-hydrogen) atoms. The van der Waals surface area contributed by atoms with Crippen LogP contribution in [0.3, 0.4) is 0 Å². The van der Waals surface area contributed by atoms with Crippen LogP contribution in [0.1, 0.15) is 20.3 Å². The molecule has 68 valence electrons. The molecule has 0 fully saturated rings. The fourth-order valence-corrected chi connectivity index (χ4v) is 1.51. The zero-order chi connectivity index (χ0) is 9.14. The summed E-state index contributed by atoms with van der Waals surface area (Å²) in [6.45, 7) is 4.71. The third-order valence-corrected chi connectivity index (χ3v) is 2.16. The molecule has 0 aliphatic carbocycles. The minimum atomic E-state index is -0.807. The second-order valence-corrected chi connectivity index (χ2v) is 3.43. The van der Waals surface area contributed by atoms with Crippen molar-refractivity contribution in [2.45, 2.75) is 26.3 Å². The summed E-state index contributed by atoms with van der Waals surface area (Å²) in [6.07, 6.45) is 4.08. The average molecular weight is 169 g/mol. The van der Waals surface area contributed by atoms with E-state index in [-0.39, 0.29) is 6.04 Å². The minimum absolute atomic E-state index is 0.0660. The van der Waals surface area contributed by atoms with Gasteiger partial charge in [-0.25, -0.2) is 4.79 Å². The zero-order valence-electron chi connectivity index (χ0n) is 7.53. The lowest BCUT2D eigenvalue weighted by Crippen LogP contribution is -2.43. The largest absolute Gasteiger partial charge is 0.465 e. The standard InChI is InChI=1S/C9H15NO2/c1-7(2)8-5-3-4-6-10(8)9(11)12/h3,5,7-8H,4,6H2,1-2H3,(H,11,12). The van der Waals surface area contributed by atoms with Crippen molar-refractivity contribution in [2.24, 2.45) is 5.92 Å². The van der Waals surface area contributed by atoms with Crippen LogP contribution in [0.25, 0.3) is 0 Å². The van der Waals surface area contributed by atoms with E-state index in [0.717, 1.165) is 6.42 Å². The molecule has 1 aliphatic rings. The molecule has 0 saturated heterocycles. The first-order valence-electron chi connectivity index (χ1n) is 4.29. The molecule has 3 nitrogen and oxygen atoms in total. The lowest BCUT2D eigenvalue weighted by Gasteiger charge is -2.32. The SMILES string of the molecule is CC(C)C1C=CCCN1C(=O)O. The molecule has 1 N–H and O–H groups in total. The molecule has 0 saturated carbocycles. The number of nitrogens with zero attached hydrogens (tertiary/aromatic N) is 1. The normalized spacial score (nSPS) is 23.2. The van der Waals surface area contributed by atoms with Crippen LogP contribution in [0.2, 0.25) is 0 Å². The van der Waals surface area contributed by atoms with Gasteiger partial charge in [-0.05, 0) is 12.3 Å². The predicted molar refractivity (Wildman–Crippen MR) is 47.1 cm³/mol. The Morgan fingerprint density at radius 3 is 2.75 bits per heavy atom. The van der Waals surface area contributed by atoms with Crippen LogP contribution in [0.15, 0.2) is 12.2 Å². The van der Waals surface area contributed by atoms with E-state index < -0.39 is 6.09 Å².